The SMILES string of the molecule is COc1ccc2c(nc3c(C#N)c(C)c(N=Nc4cc(C)c(N=Nc5cc(NC(C)=O)c(N=Nc6nc7c(S(=O)(=O)O)cc8cc(S(=O)(=O)O)ccc8c7s6)cc5SCCCS(=O)(=O)O)cc4OCCCS(=O)(=O)O)c(O)n32)c1S(=O)(=O)O. The van der Waals surface area contributed by atoms with Crippen LogP contribution in [-0.2, 0) is 55.4 Å². The number of thiazole rings is 1. The molecule has 0 fully saturated rings. The third-order valence-corrected chi connectivity index (χ3v) is 18.1. The minimum absolute atomic E-state index is 0.00944. The summed E-state index contributed by atoms with van der Waals surface area (Å²) in [7, 11) is -22.4. The Kier molecular flexibility index (Phi) is 17.4. The second kappa shape index (κ2) is 23.5. The number of carbonyl (C=O) groups is 1. The van der Waals surface area contributed by atoms with Gasteiger partial charge in [0.25, 0.3) is 50.6 Å². The Morgan fingerprint density at radius 1 is 0.747 bits per heavy atom. The van der Waals surface area contributed by atoms with Crippen molar-refractivity contribution >= 4 is 157 Å². The van der Waals surface area contributed by atoms with Crippen LogP contribution in [0.15, 0.2) is 111 Å². The number of benzene rings is 5. The van der Waals surface area contributed by atoms with E-state index < -0.39 is 88.6 Å². The maximum atomic E-state index is 12.6. The summed E-state index contributed by atoms with van der Waals surface area (Å²) in [6, 6.07) is 14.2. The number of hydrogen-bond donors (Lipinski definition) is 7. The number of aromatic hydroxyl groups is 1. The van der Waals surface area contributed by atoms with Gasteiger partial charge in [-0.1, -0.05) is 17.4 Å². The van der Waals surface area contributed by atoms with E-state index in [4.69, 9.17) is 9.47 Å². The molecule has 0 unspecified atom stereocenters. The molecule has 0 saturated carbocycles. The first-order valence-corrected chi connectivity index (χ1v) is 32.6. The topological polar surface area (TPSA) is 468 Å². The number of rotatable bonds is 21. The van der Waals surface area contributed by atoms with E-state index in [-0.39, 0.29) is 130 Å². The average molecular weight is 1280 g/mol. The number of imidazole rings is 1. The van der Waals surface area contributed by atoms with Crippen molar-refractivity contribution in [1.29, 1.82) is 5.26 Å². The summed E-state index contributed by atoms with van der Waals surface area (Å²) in [5, 5.41) is 50.5. The van der Waals surface area contributed by atoms with Crippen molar-refractivity contribution in [3.63, 3.8) is 0 Å². The predicted molar refractivity (Wildman–Crippen MR) is 300 cm³/mol. The summed E-state index contributed by atoms with van der Waals surface area (Å²) in [5.41, 5.74) is -1.14. The van der Waals surface area contributed by atoms with Crippen molar-refractivity contribution < 1.29 is 84.2 Å². The predicted octanol–water partition coefficient (Wildman–Crippen LogP) is 9.42. The van der Waals surface area contributed by atoms with E-state index in [0.29, 0.717) is 5.56 Å². The number of nitrogens with zero attached hydrogens (tertiary/aromatic N) is 10. The minimum Gasteiger partial charge on any atom is -0.495 e. The quantitative estimate of drug-likeness (QED) is 0.0152. The summed E-state index contributed by atoms with van der Waals surface area (Å²) >= 11 is 1.80. The number of pyridine rings is 1. The van der Waals surface area contributed by atoms with Gasteiger partial charge in [-0.25, -0.2) is 9.97 Å². The molecule has 3 heterocycles. The second-order valence-electron chi connectivity index (χ2n) is 17.6. The Morgan fingerprint density at radius 2 is 1.42 bits per heavy atom. The van der Waals surface area contributed by atoms with E-state index >= 15 is 0 Å². The van der Waals surface area contributed by atoms with Crippen LogP contribution in [0.1, 0.15) is 36.5 Å². The molecule has 0 aliphatic heterocycles. The zero-order chi connectivity index (χ0) is 60.7. The van der Waals surface area contributed by atoms with Crippen LogP contribution in [-0.4, -0.2) is 121 Å². The van der Waals surface area contributed by atoms with Crippen molar-refractivity contribution in [3.05, 3.63) is 77.4 Å². The first kappa shape index (κ1) is 61.3. The first-order chi connectivity index (χ1) is 38.8. The molecule has 7 N–H and O–H groups in total. The Labute approximate surface area is 478 Å². The van der Waals surface area contributed by atoms with Gasteiger partial charge in [0, 0.05) is 28.8 Å². The molecule has 30 nitrogen and oxygen atoms in total. The molecule has 0 atom stereocenters. The summed E-state index contributed by atoms with van der Waals surface area (Å²) in [4.78, 5) is 19.4. The molecule has 37 heteroatoms. The highest BCUT2D eigenvalue weighted by Gasteiger charge is 2.29. The number of anilines is 1. The third kappa shape index (κ3) is 13.9. The van der Waals surface area contributed by atoms with Crippen molar-refractivity contribution in [2.45, 2.75) is 53.2 Å². The molecule has 0 saturated heterocycles. The van der Waals surface area contributed by atoms with E-state index in [0.717, 1.165) is 52.8 Å². The van der Waals surface area contributed by atoms with Gasteiger partial charge in [0.1, 0.15) is 56.1 Å². The van der Waals surface area contributed by atoms with Crippen molar-refractivity contribution in [3.8, 4) is 23.4 Å². The molecule has 0 aliphatic carbocycles. The van der Waals surface area contributed by atoms with E-state index in [1.54, 1.807) is 6.92 Å². The standard InChI is InChI=1S/C46H41N11O19S7/c1-22-15-32(53-55-39-23(2)28(21-47)44-49-40-34(57(44)45(39)59)9-10-35(75-4)43(40)83(72,73)74)36(76-11-5-13-79(60,61)62)19-29(22)51-54-33-18-30(48-24(3)58)31(20-37(33)77-12-6-14-80(63,64)65)52-56-46-50-41-38(82(69,70)71)17-25-16-26(81(66,67)68)7-8-27(25)42(41)78-46/h7-10,15-20,59H,5-6,11-14H2,1-4H3,(H,48,58)(H,60,61,62)(H,63,64,65)(H,66,67,68)(H,69,70,71)(H,72,73,74). The van der Waals surface area contributed by atoms with Crippen molar-refractivity contribution in [2.75, 3.05) is 36.3 Å². The molecule has 8 aromatic rings. The van der Waals surface area contributed by atoms with Gasteiger partial charge < -0.3 is 19.9 Å². The molecule has 436 valence electrons. The highest BCUT2D eigenvalue weighted by atomic mass is 32.2. The molecule has 0 aliphatic rings. The number of methoxy groups -OCH3 is 1. The first-order valence-electron chi connectivity index (χ1n) is 23.2. The summed E-state index contributed by atoms with van der Waals surface area (Å²) in [5.74, 6) is -2.98. The minimum atomic E-state index is -5.00. The lowest BCUT2D eigenvalue weighted by Crippen LogP contribution is -2.08. The number of thioether (sulfide) groups is 1. The number of amides is 1. The lowest BCUT2D eigenvalue weighted by atomic mass is 10.1. The number of ether oxygens (including phenoxy) is 2. The zero-order valence-corrected chi connectivity index (χ0v) is 48.6. The number of nitriles is 1. The van der Waals surface area contributed by atoms with Crippen LogP contribution in [0.3, 0.4) is 0 Å². The van der Waals surface area contributed by atoms with Crippen LogP contribution in [0.4, 0.5) is 39.3 Å². The van der Waals surface area contributed by atoms with Crippen LogP contribution in [0.2, 0.25) is 0 Å². The zero-order valence-electron chi connectivity index (χ0n) is 42.8. The van der Waals surface area contributed by atoms with Gasteiger partial charge in [0.05, 0.1) is 51.7 Å². The lowest BCUT2D eigenvalue weighted by Gasteiger charge is -2.13. The van der Waals surface area contributed by atoms with Crippen molar-refractivity contribution in [2.24, 2.45) is 30.7 Å². The smallest absolute Gasteiger partial charge is 0.300 e. The number of carbonyl (C=O) groups excluding carboxylic acids is 1. The second-order valence-corrected chi connectivity index (χ2v) is 27.0. The summed E-state index contributed by atoms with van der Waals surface area (Å²) in [6.45, 7) is 3.79. The van der Waals surface area contributed by atoms with Gasteiger partial charge in [-0.05, 0) is 91.9 Å². The van der Waals surface area contributed by atoms with E-state index in [1.165, 1.54) is 56.3 Å². The maximum Gasteiger partial charge on any atom is 0.300 e. The average Bonchev–Trinajstić information content (AvgIpc) is 2.01. The summed E-state index contributed by atoms with van der Waals surface area (Å²) in [6.07, 6.45) is -0.312. The molecule has 8 rings (SSSR count). The number of hydrogen-bond acceptors (Lipinski definition) is 25. The monoisotopic (exact) mass is 1280 g/mol. The van der Waals surface area contributed by atoms with Crippen LogP contribution in [0.5, 0.6) is 17.4 Å². The Hall–Kier alpha value is -7.74. The molecular weight excluding hydrogens is 1240 g/mol. The lowest BCUT2D eigenvalue weighted by molar-refractivity contribution is -0.114. The largest absolute Gasteiger partial charge is 0.495 e. The molecule has 5 aromatic carbocycles. The fourth-order valence-corrected chi connectivity index (χ4v) is 13.2. The number of nitrogens with one attached hydrogen (secondary N) is 1. The Bertz CT molecular complexity index is 4770. The fourth-order valence-electron chi connectivity index (χ4n) is 8.08. The molecule has 0 radical (unpaired) electrons. The molecule has 83 heavy (non-hydrogen) atoms. The summed E-state index contributed by atoms with van der Waals surface area (Å²) < 4.78 is 181. The van der Waals surface area contributed by atoms with Gasteiger partial charge >= 0.3 is 0 Å². The highest BCUT2D eigenvalue weighted by Crippen LogP contribution is 2.46. The van der Waals surface area contributed by atoms with Gasteiger partial charge in [0.15, 0.2) is 16.2 Å². The van der Waals surface area contributed by atoms with Crippen LogP contribution in [0, 0.1) is 25.2 Å². The molecule has 1 amide bonds. The maximum absolute atomic E-state index is 12.6. The van der Waals surface area contributed by atoms with Gasteiger partial charge in [-0.15, -0.1) is 37.3 Å². The third-order valence-electron chi connectivity index (χ3n) is 11.7. The van der Waals surface area contributed by atoms with Gasteiger partial charge in [0.2, 0.25) is 16.9 Å². The number of azo groups is 3. The molecule has 0 bridgehead atoms. The fraction of sp³-hybridized carbons (Fsp3) is 0.217. The highest BCUT2D eigenvalue weighted by molar-refractivity contribution is 7.99. The Balaban J connectivity index is 1.22. The van der Waals surface area contributed by atoms with Crippen LogP contribution < -0.4 is 14.8 Å². The molecular formula is C46H41N11O19S7. The van der Waals surface area contributed by atoms with E-state index in [9.17, 15) is 80.0 Å². The Morgan fingerprint density at radius 3 is 2.06 bits per heavy atom. The molecule has 3 aromatic heterocycles. The number of fused-ring (bicyclic) bond motifs is 6. The van der Waals surface area contributed by atoms with Crippen LogP contribution in [0.25, 0.3) is 37.7 Å². The normalized spacial score (nSPS) is 12.9. The van der Waals surface area contributed by atoms with Gasteiger partial charge in [-0.3, -0.25) is 32.0 Å². The molecule has 0 spiro atoms. The van der Waals surface area contributed by atoms with Crippen molar-refractivity contribution in [1.82, 2.24) is 14.4 Å². The van der Waals surface area contributed by atoms with Gasteiger partial charge in [-0.2, -0.15) is 52.5 Å². The van der Waals surface area contributed by atoms with E-state index in [2.05, 4.69) is 46.0 Å². The van der Waals surface area contributed by atoms with E-state index in [1.807, 2.05) is 6.07 Å². The van der Waals surface area contributed by atoms with Crippen LogP contribution >= 0.6 is 23.1 Å². The number of aromatic nitrogens is 3. The number of aryl methyl sites for hydroxylation is 1.